The van der Waals surface area contributed by atoms with E-state index < -0.39 is 0 Å². The second-order valence-electron chi connectivity index (χ2n) is 12.1. The lowest BCUT2D eigenvalue weighted by Crippen LogP contribution is -2.47. The van der Waals surface area contributed by atoms with Crippen LogP contribution in [0.15, 0.2) is 60.7 Å². The van der Waals surface area contributed by atoms with Gasteiger partial charge in [-0.1, -0.05) is 48.9 Å². The van der Waals surface area contributed by atoms with Crippen LogP contribution in [0.5, 0.6) is 0 Å². The van der Waals surface area contributed by atoms with Gasteiger partial charge in [0.25, 0.3) is 0 Å². The van der Waals surface area contributed by atoms with Crippen molar-refractivity contribution >= 4 is 52.2 Å². The maximum Gasteiger partial charge on any atom is 0.232 e. The number of halogens is 1. The molecule has 0 amide bonds. The first-order valence-electron chi connectivity index (χ1n) is 15.6. The Morgan fingerprint density at radius 1 is 0.884 bits per heavy atom. The Bertz CT molecular complexity index is 1370. The van der Waals surface area contributed by atoms with Crippen molar-refractivity contribution in [2.24, 2.45) is 5.92 Å². The smallest absolute Gasteiger partial charge is 0.232 e. The third-order valence-corrected chi connectivity index (χ3v) is 9.71. The number of rotatable bonds is 7. The Labute approximate surface area is 265 Å². The van der Waals surface area contributed by atoms with E-state index in [1.165, 1.54) is 24.1 Å². The van der Waals surface area contributed by atoms with Gasteiger partial charge in [-0.05, 0) is 73.6 Å². The van der Waals surface area contributed by atoms with Crippen molar-refractivity contribution in [3.05, 3.63) is 71.2 Å². The van der Waals surface area contributed by atoms with Crippen LogP contribution < -0.4 is 25.3 Å². The van der Waals surface area contributed by atoms with Crippen molar-refractivity contribution in [3.63, 3.8) is 0 Å². The van der Waals surface area contributed by atoms with Gasteiger partial charge in [0.05, 0.1) is 0 Å². The molecule has 1 aromatic heterocycles. The summed E-state index contributed by atoms with van der Waals surface area (Å²) in [7, 11) is 0. The Kier molecular flexibility index (Phi) is 9.50. The lowest BCUT2D eigenvalue weighted by molar-refractivity contribution is 0.0515. The molecule has 0 radical (unpaired) electrons. The van der Waals surface area contributed by atoms with E-state index in [-0.39, 0.29) is 5.41 Å². The molecule has 8 nitrogen and oxygen atoms in total. The molecule has 0 saturated carbocycles. The van der Waals surface area contributed by atoms with Crippen LogP contribution in [-0.4, -0.2) is 74.1 Å². The summed E-state index contributed by atoms with van der Waals surface area (Å²) < 4.78 is 5.72. The monoisotopic (exact) mass is 619 g/mol. The van der Waals surface area contributed by atoms with Crippen LogP contribution in [0, 0.1) is 5.92 Å². The molecule has 6 rings (SSSR count). The SMILES string of the molecule is CC1CCN(c2cc(N3CCN(c4ccccc4)CC3)nc(NC(=S)NCC3(c4cccc(Cl)c4)CCOCC3)n2)CC1. The number of piperidine rings is 1. The molecule has 10 heteroatoms. The summed E-state index contributed by atoms with van der Waals surface area (Å²) in [6.45, 7) is 10.2. The molecule has 3 aromatic rings. The Hall–Kier alpha value is -3.14. The van der Waals surface area contributed by atoms with Crippen LogP contribution in [0.1, 0.15) is 38.2 Å². The Balaban J connectivity index is 1.17. The van der Waals surface area contributed by atoms with Crippen molar-refractivity contribution in [2.75, 3.05) is 79.0 Å². The lowest BCUT2D eigenvalue weighted by atomic mass is 9.74. The van der Waals surface area contributed by atoms with Crippen molar-refractivity contribution in [1.82, 2.24) is 15.3 Å². The quantitative estimate of drug-likeness (QED) is 0.323. The molecular formula is C33H42ClN7OS. The standard InChI is InChI=1S/C33H42ClN7OS/c1-25-10-14-40(15-11-25)29-23-30(41-18-16-39(17-19-41)28-8-3-2-4-9-28)37-31(36-29)38-32(43)35-24-33(12-20-42-21-13-33)26-6-5-7-27(34)22-26/h2-9,22-23,25H,10-21,24H2,1H3,(H2,35,36,37,38,43). The number of para-hydroxylation sites is 1. The Morgan fingerprint density at radius 3 is 2.21 bits per heavy atom. The summed E-state index contributed by atoms with van der Waals surface area (Å²) in [5.74, 6) is 3.20. The van der Waals surface area contributed by atoms with Gasteiger partial charge < -0.3 is 30.1 Å². The van der Waals surface area contributed by atoms with Gasteiger partial charge in [0.2, 0.25) is 5.95 Å². The first-order chi connectivity index (χ1) is 21.0. The van der Waals surface area contributed by atoms with Gasteiger partial charge in [-0.15, -0.1) is 0 Å². The fraction of sp³-hybridized carbons (Fsp3) is 0.485. The molecule has 0 bridgehead atoms. The molecular weight excluding hydrogens is 578 g/mol. The fourth-order valence-corrected chi connectivity index (χ4v) is 6.77. The van der Waals surface area contributed by atoms with Gasteiger partial charge >= 0.3 is 0 Å². The Morgan fingerprint density at radius 2 is 1.53 bits per heavy atom. The molecule has 0 atom stereocenters. The van der Waals surface area contributed by atoms with E-state index in [4.69, 9.17) is 38.5 Å². The molecule has 2 aromatic carbocycles. The maximum atomic E-state index is 6.38. The minimum absolute atomic E-state index is 0.105. The molecule has 3 aliphatic rings. The lowest BCUT2D eigenvalue weighted by Gasteiger charge is -2.38. The maximum absolute atomic E-state index is 6.38. The van der Waals surface area contributed by atoms with Crippen molar-refractivity contribution in [3.8, 4) is 0 Å². The van der Waals surface area contributed by atoms with Crippen LogP contribution in [0.3, 0.4) is 0 Å². The topological polar surface area (TPSA) is 68.8 Å². The van der Waals surface area contributed by atoms with Crippen LogP contribution in [0.25, 0.3) is 0 Å². The summed E-state index contributed by atoms with van der Waals surface area (Å²) in [4.78, 5) is 17.1. The molecule has 0 aliphatic carbocycles. The number of aromatic nitrogens is 2. The zero-order valence-electron chi connectivity index (χ0n) is 25.0. The van der Waals surface area contributed by atoms with Gasteiger partial charge in [-0.3, -0.25) is 0 Å². The van der Waals surface area contributed by atoms with Gasteiger partial charge in [0.15, 0.2) is 5.11 Å². The zero-order chi connectivity index (χ0) is 29.6. The number of ether oxygens (including phenoxy) is 1. The van der Waals surface area contributed by atoms with E-state index in [1.54, 1.807) is 0 Å². The van der Waals surface area contributed by atoms with E-state index in [0.29, 0.717) is 17.6 Å². The number of thiocarbonyl (C=S) groups is 1. The van der Waals surface area contributed by atoms with Crippen LogP contribution in [0.2, 0.25) is 5.02 Å². The first-order valence-corrected chi connectivity index (χ1v) is 16.3. The highest BCUT2D eigenvalue weighted by Gasteiger charge is 2.35. The molecule has 0 unspecified atom stereocenters. The van der Waals surface area contributed by atoms with E-state index in [0.717, 1.165) is 87.9 Å². The van der Waals surface area contributed by atoms with Gasteiger partial charge in [-0.2, -0.15) is 9.97 Å². The minimum atomic E-state index is -0.105. The van der Waals surface area contributed by atoms with Crippen molar-refractivity contribution in [2.45, 2.75) is 38.0 Å². The van der Waals surface area contributed by atoms with Gasteiger partial charge in [-0.25, -0.2) is 0 Å². The minimum Gasteiger partial charge on any atom is -0.381 e. The highest BCUT2D eigenvalue weighted by molar-refractivity contribution is 7.80. The summed E-state index contributed by atoms with van der Waals surface area (Å²) in [6, 6.07) is 21.0. The van der Waals surface area contributed by atoms with E-state index in [2.05, 4.69) is 80.8 Å². The van der Waals surface area contributed by atoms with E-state index in [9.17, 15) is 0 Å². The molecule has 43 heavy (non-hydrogen) atoms. The van der Waals surface area contributed by atoms with Crippen molar-refractivity contribution in [1.29, 1.82) is 0 Å². The molecule has 3 saturated heterocycles. The van der Waals surface area contributed by atoms with Gasteiger partial charge in [0.1, 0.15) is 11.6 Å². The molecule has 3 aliphatic heterocycles. The van der Waals surface area contributed by atoms with E-state index >= 15 is 0 Å². The predicted molar refractivity (Wildman–Crippen MR) is 181 cm³/mol. The highest BCUT2D eigenvalue weighted by atomic mass is 35.5. The average molecular weight is 620 g/mol. The molecule has 0 spiro atoms. The summed E-state index contributed by atoms with van der Waals surface area (Å²) in [5, 5.41) is 8.11. The molecule has 3 fully saturated rings. The summed E-state index contributed by atoms with van der Waals surface area (Å²) in [5.41, 5.74) is 2.38. The first kappa shape index (κ1) is 29.9. The number of nitrogens with one attached hydrogen (secondary N) is 2. The number of nitrogens with zero attached hydrogens (tertiary/aromatic N) is 5. The number of hydrogen-bond donors (Lipinski definition) is 2. The highest BCUT2D eigenvalue weighted by Crippen LogP contribution is 2.35. The fourth-order valence-electron chi connectivity index (χ4n) is 6.42. The summed E-state index contributed by atoms with van der Waals surface area (Å²) in [6.07, 6.45) is 4.16. The molecule has 4 heterocycles. The second-order valence-corrected chi connectivity index (χ2v) is 12.9. The number of hydrogen-bond acceptors (Lipinski definition) is 7. The summed E-state index contributed by atoms with van der Waals surface area (Å²) >= 11 is 12.2. The second kappa shape index (κ2) is 13.7. The number of benzene rings is 2. The third kappa shape index (κ3) is 7.33. The van der Waals surface area contributed by atoms with Crippen LogP contribution >= 0.6 is 23.8 Å². The molecule has 2 N–H and O–H groups in total. The number of anilines is 4. The van der Waals surface area contributed by atoms with Crippen LogP contribution in [-0.2, 0) is 10.2 Å². The molecule has 228 valence electrons. The van der Waals surface area contributed by atoms with Crippen molar-refractivity contribution < 1.29 is 4.74 Å². The predicted octanol–water partition coefficient (Wildman–Crippen LogP) is 5.73. The largest absolute Gasteiger partial charge is 0.381 e. The zero-order valence-corrected chi connectivity index (χ0v) is 26.5. The van der Waals surface area contributed by atoms with Crippen LogP contribution in [0.4, 0.5) is 23.3 Å². The average Bonchev–Trinajstić information content (AvgIpc) is 3.05. The third-order valence-electron chi connectivity index (χ3n) is 9.23. The normalized spacial score (nSPS) is 19.3. The van der Waals surface area contributed by atoms with E-state index in [1.807, 2.05) is 12.1 Å². The number of piperazine rings is 1. The van der Waals surface area contributed by atoms with Gasteiger partial charge in [0, 0.05) is 81.2 Å².